The lowest BCUT2D eigenvalue weighted by molar-refractivity contribution is -0.111. The first-order chi connectivity index (χ1) is 15.3. The molecule has 0 bridgehead atoms. The van der Waals surface area contributed by atoms with E-state index in [1.54, 1.807) is 6.08 Å². The van der Waals surface area contributed by atoms with Crippen LogP contribution in [0.3, 0.4) is 0 Å². The smallest absolute Gasteiger partial charge is 0.341 e. The molecule has 2 heterocycles. The van der Waals surface area contributed by atoms with Crippen LogP contribution in [0.2, 0.25) is 0 Å². The highest BCUT2D eigenvalue weighted by Gasteiger charge is 2.35. The molecule has 0 saturated heterocycles. The number of hydrogen-bond donors (Lipinski definition) is 1. The fraction of sp³-hybridized carbons (Fsp3) is 0.440. The first-order valence-corrected chi connectivity index (χ1v) is 11.8. The number of amides is 1. The molecule has 0 radical (unpaired) electrons. The minimum absolute atomic E-state index is 0.207. The van der Waals surface area contributed by atoms with Gasteiger partial charge in [0, 0.05) is 11.0 Å². The molecule has 7 heteroatoms. The van der Waals surface area contributed by atoms with Crippen LogP contribution in [0.25, 0.3) is 6.08 Å². The molecule has 2 aliphatic rings. The lowest BCUT2D eigenvalue weighted by Gasteiger charge is -2.36. The number of methoxy groups -OCH3 is 1. The second-order valence-electron chi connectivity index (χ2n) is 8.92. The van der Waals surface area contributed by atoms with Crippen molar-refractivity contribution in [2.75, 3.05) is 19.2 Å². The molecular weight excluding hydrogens is 426 g/mol. The van der Waals surface area contributed by atoms with Crippen LogP contribution in [0, 0.1) is 11.3 Å². The van der Waals surface area contributed by atoms with Gasteiger partial charge in [-0.15, -0.1) is 11.3 Å². The van der Waals surface area contributed by atoms with Crippen LogP contribution in [0.5, 0.6) is 11.5 Å². The molecule has 0 saturated carbocycles. The summed E-state index contributed by atoms with van der Waals surface area (Å²) in [6, 6.07) is 5.50. The summed E-state index contributed by atoms with van der Waals surface area (Å²) in [7, 11) is 1.38. The van der Waals surface area contributed by atoms with E-state index in [0.29, 0.717) is 28.0 Å². The average Bonchev–Trinajstić information content (AvgIpc) is 3.40. The predicted octanol–water partition coefficient (Wildman–Crippen LogP) is 5.46. The van der Waals surface area contributed by atoms with Crippen molar-refractivity contribution in [2.24, 2.45) is 11.3 Å². The Hall–Kier alpha value is -2.80. The molecule has 1 aromatic carbocycles. The quantitative estimate of drug-likeness (QED) is 0.463. The molecular formula is C25H29NO5S. The van der Waals surface area contributed by atoms with Gasteiger partial charge < -0.3 is 19.5 Å². The Balaban J connectivity index is 1.54. The minimum atomic E-state index is -0.397. The van der Waals surface area contributed by atoms with Crippen molar-refractivity contribution in [1.82, 2.24) is 0 Å². The second-order valence-corrected chi connectivity index (χ2v) is 10.0. The van der Waals surface area contributed by atoms with Gasteiger partial charge in [-0.05, 0) is 59.9 Å². The molecule has 1 atom stereocenters. The van der Waals surface area contributed by atoms with Crippen molar-refractivity contribution in [3.8, 4) is 11.5 Å². The average molecular weight is 456 g/mol. The Labute approximate surface area is 192 Å². The van der Waals surface area contributed by atoms with Crippen LogP contribution in [0.4, 0.5) is 5.00 Å². The summed E-state index contributed by atoms with van der Waals surface area (Å²) in [4.78, 5) is 26.4. The summed E-state index contributed by atoms with van der Waals surface area (Å²) in [5, 5.41) is 3.48. The van der Waals surface area contributed by atoms with Gasteiger partial charge in [0.1, 0.15) is 5.00 Å². The van der Waals surface area contributed by atoms with E-state index in [-0.39, 0.29) is 18.1 Å². The highest BCUT2D eigenvalue weighted by atomic mass is 32.1. The van der Waals surface area contributed by atoms with Crippen LogP contribution in [0.15, 0.2) is 24.3 Å². The van der Waals surface area contributed by atoms with Crippen molar-refractivity contribution in [3.63, 3.8) is 0 Å². The van der Waals surface area contributed by atoms with Gasteiger partial charge >= 0.3 is 5.97 Å². The third kappa shape index (κ3) is 4.39. The molecule has 1 aliphatic carbocycles. The van der Waals surface area contributed by atoms with E-state index < -0.39 is 5.97 Å². The SMILES string of the molecule is CCC(C)(C)C1CCc2c(sc(NC(=O)/C=C/c3ccc4c(c3)OCO4)c2C(=O)OC)C1. The lowest BCUT2D eigenvalue weighted by atomic mass is 9.69. The Morgan fingerprint density at radius 1 is 1.28 bits per heavy atom. The standard InChI is InChI=1S/C25H29NO5S/c1-5-25(2,3)16-8-9-17-20(13-16)32-23(22(17)24(28)29-4)26-21(27)11-7-15-6-10-18-19(12-15)31-14-30-18/h6-7,10-12,16H,5,8-9,13-14H2,1-4H3,(H,26,27)/b11-7+. The molecule has 1 N–H and O–H groups in total. The number of carbonyl (C=O) groups excluding carboxylic acids is 2. The van der Waals surface area contributed by atoms with E-state index in [0.717, 1.165) is 36.8 Å². The number of carbonyl (C=O) groups is 2. The van der Waals surface area contributed by atoms with Crippen molar-refractivity contribution in [1.29, 1.82) is 0 Å². The fourth-order valence-electron chi connectivity index (χ4n) is 4.29. The van der Waals surface area contributed by atoms with E-state index in [1.807, 2.05) is 18.2 Å². The molecule has 170 valence electrons. The van der Waals surface area contributed by atoms with Gasteiger partial charge in [-0.25, -0.2) is 4.79 Å². The predicted molar refractivity (Wildman–Crippen MR) is 125 cm³/mol. The zero-order valence-electron chi connectivity index (χ0n) is 18.9. The summed E-state index contributed by atoms with van der Waals surface area (Å²) < 4.78 is 15.7. The molecule has 32 heavy (non-hydrogen) atoms. The Morgan fingerprint density at radius 3 is 2.81 bits per heavy atom. The van der Waals surface area contributed by atoms with Gasteiger partial charge in [-0.2, -0.15) is 0 Å². The number of anilines is 1. The molecule has 2 aromatic rings. The minimum Gasteiger partial charge on any atom is -0.465 e. The lowest BCUT2D eigenvalue weighted by Crippen LogP contribution is -2.28. The topological polar surface area (TPSA) is 73.9 Å². The van der Waals surface area contributed by atoms with Crippen molar-refractivity contribution >= 4 is 34.3 Å². The number of esters is 1. The van der Waals surface area contributed by atoms with Gasteiger partial charge in [0.2, 0.25) is 12.7 Å². The number of rotatable bonds is 6. The van der Waals surface area contributed by atoms with Crippen LogP contribution in [-0.4, -0.2) is 25.8 Å². The summed E-state index contributed by atoms with van der Waals surface area (Å²) >= 11 is 1.50. The number of nitrogens with one attached hydrogen (secondary N) is 1. The zero-order chi connectivity index (χ0) is 22.9. The molecule has 0 fully saturated rings. The first kappa shape index (κ1) is 22.4. The summed E-state index contributed by atoms with van der Waals surface area (Å²) in [5.41, 5.74) is 2.60. The third-order valence-electron chi connectivity index (χ3n) is 6.73. The van der Waals surface area contributed by atoms with E-state index in [2.05, 4.69) is 26.1 Å². The molecule has 6 nitrogen and oxygen atoms in total. The fourth-order valence-corrected chi connectivity index (χ4v) is 5.61. The Morgan fingerprint density at radius 2 is 2.06 bits per heavy atom. The Kier molecular flexibility index (Phi) is 6.29. The number of benzene rings is 1. The van der Waals surface area contributed by atoms with Crippen LogP contribution >= 0.6 is 11.3 Å². The summed E-state index contributed by atoms with van der Waals surface area (Å²) in [5.74, 6) is 1.22. The third-order valence-corrected chi connectivity index (χ3v) is 7.90. The highest BCUT2D eigenvalue weighted by Crippen LogP contribution is 2.45. The van der Waals surface area contributed by atoms with Gasteiger partial charge in [0.15, 0.2) is 11.5 Å². The number of thiophene rings is 1. The van der Waals surface area contributed by atoms with E-state index in [1.165, 1.54) is 29.4 Å². The summed E-state index contributed by atoms with van der Waals surface area (Å²) in [6.45, 7) is 7.04. The maximum atomic E-state index is 12.7. The van der Waals surface area contributed by atoms with Crippen molar-refractivity contribution in [3.05, 3.63) is 45.8 Å². The number of hydrogen-bond acceptors (Lipinski definition) is 6. The van der Waals surface area contributed by atoms with E-state index >= 15 is 0 Å². The molecule has 1 unspecified atom stereocenters. The molecule has 1 amide bonds. The van der Waals surface area contributed by atoms with Crippen molar-refractivity contribution < 1.29 is 23.8 Å². The van der Waals surface area contributed by atoms with Gasteiger partial charge in [-0.1, -0.05) is 33.3 Å². The normalized spacial score (nSPS) is 17.3. The van der Waals surface area contributed by atoms with Gasteiger partial charge in [0.25, 0.3) is 0 Å². The highest BCUT2D eigenvalue weighted by molar-refractivity contribution is 7.17. The second kappa shape index (κ2) is 8.98. The maximum absolute atomic E-state index is 12.7. The number of ether oxygens (including phenoxy) is 3. The largest absolute Gasteiger partial charge is 0.465 e. The molecule has 1 aliphatic heterocycles. The zero-order valence-corrected chi connectivity index (χ0v) is 19.8. The Bertz CT molecular complexity index is 1070. The molecule has 4 rings (SSSR count). The van der Waals surface area contributed by atoms with Crippen LogP contribution in [-0.2, 0) is 22.4 Å². The summed E-state index contributed by atoms with van der Waals surface area (Å²) in [6.07, 6.45) is 7.06. The maximum Gasteiger partial charge on any atom is 0.341 e. The molecule has 1 aromatic heterocycles. The molecule has 0 spiro atoms. The van der Waals surface area contributed by atoms with Crippen molar-refractivity contribution in [2.45, 2.75) is 46.5 Å². The monoisotopic (exact) mass is 455 g/mol. The van der Waals surface area contributed by atoms with Crippen LogP contribution in [0.1, 0.15) is 60.0 Å². The van der Waals surface area contributed by atoms with Gasteiger partial charge in [0.05, 0.1) is 12.7 Å². The van der Waals surface area contributed by atoms with E-state index in [4.69, 9.17) is 14.2 Å². The number of fused-ring (bicyclic) bond motifs is 2. The van der Waals surface area contributed by atoms with Gasteiger partial charge in [-0.3, -0.25) is 4.79 Å². The van der Waals surface area contributed by atoms with E-state index in [9.17, 15) is 9.59 Å². The first-order valence-electron chi connectivity index (χ1n) is 10.9. The van der Waals surface area contributed by atoms with Crippen LogP contribution < -0.4 is 14.8 Å².